The Hall–Kier alpha value is -0.330. The normalized spacial score (nSPS) is 18.3. The summed E-state index contributed by atoms with van der Waals surface area (Å²) in [6.45, 7) is 8.96. The fraction of sp³-hybridized carbons (Fsp3) is 0.909. The first-order chi connectivity index (χ1) is 5.61. The van der Waals surface area contributed by atoms with Gasteiger partial charge in [-0.2, -0.15) is 0 Å². The van der Waals surface area contributed by atoms with Crippen molar-refractivity contribution in [2.75, 3.05) is 0 Å². The van der Waals surface area contributed by atoms with Gasteiger partial charge in [-0.05, 0) is 24.2 Å². The maximum Gasteiger partial charge on any atom is 0.120 e. The van der Waals surface area contributed by atoms with Gasteiger partial charge < -0.3 is 4.79 Å². The molecule has 0 amide bonds. The zero-order valence-corrected chi connectivity index (χ0v) is 8.84. The van der Waals surface area contributed by atoms with Crippen molar-refractivity contribution < 1.29 is 4.79 Å². The maximum absolute atomic E-state index is 10.2. The first kappa shape index (κ1) is 11.7. The van der Waals surface area contributed by atoms with Crippen LogP contribution >= 0.6 is 0 Å². The molecule has 0 N–H and O–H groups in total. The maximum atomic E-state index is 10.2. The second-order valence-corrected chi connectivity index (χ2v) is 4.11. The highest BCUT2D eigenvalue weighted by atomic mass is 16.1. The van der Waals surface area contributed by atoms with Gasteiger partial charge in [0.2, 0.25) is 0 Å². The van der Waals surface area contributed by atoms with E-state index >= 15 is 0 Å². The molecule has 0 aromatic carbocycles. The van der Waals surface area contributed by atoms with E-state index in [1.165, 1.54) is 12.8 Å². The summed E-state index contributed by atoms with van der Waals surface area (Å²) in [5, 5.41) is 0. The minimum absolute atomic E-state index is 0.562. The summed E-state index contributed by atoms with van der Waals surface area (Å²) in [6.07, 6.45) is 4.19. The summed E-state index contributed by atoms with van der Waals surface area (Å²) in [5.74, 6) is 2.11. The Kier molecular flexibility index (Phi) is 6.04. The van der Waals surface area contributed by atoms with Crippen LogP contribution in [-0.4, -0.2) is 6.29 Å². The molecule has 0 rings (SSSR count). The molecular formula is C11H22O. The van der Waals surface area contributed by atoms with Crippen molar-refractivity contribution in [1.29, 1.82) is 0 Å². The van der Waals surface area contributed by atoms with Gasteiger partial charge in [0.05, 0.1) is 0 Å². The van der Waals surface area contributed by atoms with Gasteiger partial charge in [-0.15, -0.1) is 0 Å². The lowest BCUT2D eigenvalue weighted by atomic mass is 9.85. The molecule has 0 radical (unpaired) electrons. The molecule has 0 fully saturated rings. The number of aldehydes is 1. The summed E-state index contributed by atoms with van der Waals surface area (Å²) < 4.78 is 0. The van der Waals surface area contributed by atoms with Crippen LogP contribution in [0.2, 0.25) is 0 Å². The van der Waals surface area contributed by atoms with E-state index in [1.807, 2.05) is 0 Å². The van der Waals surface area contributed by atoms with E-state index < -0.39 is 0 Å². The Balaban J connectivity index is 3.66. The Bertz CT molecular complexity index is 120. The van der Waals surface area contributed by atoms with Crippen molar-refractivity contribution >= 4 is 6.29 Å². The van der Waals surface area contributed by atoms with Crippen LogP contribution in [0, 0.1) is 17.8 Å². The molecule has 0 bridgehead atoms. The standard InChI is InChI=1S/C11H22O/c1-5-10(3)11(4)8-9(2)6-7-12/h7,9-11H,5-6,8H2,1-4H3. The molecule has 0 aromatic heterocycles. The second-order valence-electron chi connectivity index (χ2n) is 4.11. The van der Waals surface area contributed by atoms with Crippen molar-refractivity contribution in [3.63, 3.8) is 0 Å². The van der Waals surface area contributed by atoms with Crippen LogP contribution in [0.15, 0.2) is 0 Å². The minimum Gasteiger partial charge on any atom is -0.303 e. The van der Waals surface area contributed by atoms with Gasteiger partial charge in [0.15, 0.2) is 0 Å². The molecule has 0 spiro atoms. The Morgan fingerprint density at radius 1 is 1.17 bits per heavy atom. The Morgan fingerprint density at radius 2 is 1.75 bits per heavy atom. The minimum atomic E-state index is 0.562. The number of carbonyl (C=O) groups excluding carboxylic acids is 1. The fourth-order valence-electron chi connectivity index (χ4n) is 1.53. The van der Waals surface area contributed by atoms with Crippen molar-refractivity contribution in [2.45, 2.75) is 47.0 Å². The van der Waals surface area contributed by atoms with Gasteiger partial charge >= 0.3 is 0 Å². The quantitative estimate of drug-likeness (QED) is 0.559. The van der Waals surface area contributed by atoms with Crippen LogP contribution < -0.4 is 0 Å². The topological polar surface area (TPSA) is 17.1 Å². The first-order valence-corrected chi connectivity index (χ1v) is 5.05. The van der Waals surface area contributed by atoms with Crippen molar-refractivity contribution in [3.8, 4) is 0 Å². The molecule has 0 saturated heterocycles. The zero-order chi connectivity index (χ0) is 9.56. The smallest absolute Gasteiger partial charge is 0.120 e. The average molecular weight is 170 g/mol. The molecule has 3 atom stereocenters. The van der Waals surface area contributed by atoms with Crippen molar-refractivity contribution in [2.24, 2.45) is 17.8 Å². The molecule has 0 aliphatic carbocycles. The predicted octanol–water partition coefficient (Wildman–Crippen LogP) is 3.28. The lowest BCUT2D eigenvalue weighted by Gasteiger charge is -2.20. The summed E-state index contributed by atoms with van der Waals surface area (Å²) in [4.78, 5) is 10.2. The summed E-state index contributed by atoms with van der Waals surface area (Å²) in [6, 6.07) is 0. The van der Waals surface area contributed by atoms with Crippen LogP contribution in [-0.2, 0) is 4.79 Å². The molecule has 0 aromatic rings. The van der Waals surface area contributed by atoms with Gasteiger partial charge in [0.1, 0.15) is 6.29 Å². The molecular weight excluding hydrogens is 148 g/mol. The van der Waals surface area contributed by atoms with Gasteiger partial charge in [0, 0.05) is 6.42 Å². The fourth-order valence-corrected chi connectivity index (χ4v) is 1.53. The Morgan fingerprint density at radius 3 is 2.17 bits per heavy atom. The van der Waals surface area contributed by atoms with E-state index in [2.05, 4.69) is 27.7 Å². The summed E-state index contributed by atoms with van der Waals surface area (Å²) in [5.41, 5.74) is 0. The molecule has 12 heavy (non-hydrogen) atoms. The van der Waals surface area contributed by atoms with Crippen LogP contribution in [0.5, 0.6) is 0 Å². The van der Waals surface area contributed by atoms with E-state index in [1.54, 1.807) is 0 Å². The summed E-state index contributed by atoms with van der Waals surface area (Å²) in [7, 11) is 0. The molecule has 1 nitrogen and oxygen atoms in total. The SMILES string of the molecule is CCC(C)C(C)CC(C)CC=O. The number of rotatable bonds is 6. The molecule has 72 valence electrons. The van der Waals surface area contributed by atoms with Gasteiger partial charge in [0.25, 0.3) is 0 Å². The molecule has 0 saturated carbocycles. The number of carbonyl (C=O) groups is 1. The highest BCUT2D eigenvalue weighted by molar-refractivity contribution is 5.49. The van der Waals surface area contributed by atoms with Crippen LogP contribution in [0.4, 0.5) is 0 Å². The van der Waals surface area contributed by atoms with Gasteiger partial charge in [-0.1, -0.05) is 34.1 Å². The number of hydrogen-bond acceptors (Lipinski definition) is 1. The third kappa shape index (κ3) is 4.53. The number of hydrogen-bond donors (Lipinski definition) is 0. The van der Waals surface area contributed by atoms with Gasteiger partial charge in [-0.25, -0.2) is 0 Å². The third-order valence-electron chi connectivity index (χ3n) is 2.89. The van der Waals surface area contributed by atoms with Crippen molar-refractivity contribution in [3.05, 3.63) is 0 Å². The van der Waals surface area contributed by atoms with Crippen molar-refractivity contribution in [1.82, 2.24) is 0 Å². The average Bonchev–Trinajstić information content (AvgIpc) is 2.03. The monoisotopic (exact) mass is 170 g/mol. The lowest BCUT2D eigenvalue weighted by Crippen LogP contribution is -2.11. The van der Waals surface area contributed by atoms with E-state index in [0.717, 1.165) is 24.5 Å². The van der Waals surface area contributed by atoms with Crippen LogP contribution in [0.3, 0.4) is 0 Å². The van der Waals surface area contributed by atoms with E-state index in [4.69, 9.17) is 0 Å². The predicted molar refractivity (Wildman–Crippen MR) is 53.1 cm³/mol. The zero-order valence-electron chi connectivity index (χ0n) is 8.84. The van der Waals surface area contributed by atoms with E-state index in [0.29, 0.717) is 5.92 Å². The van der Waals surface area contributed by atoms with Crippen LogP contribution in [0.25, 0.3) is 0 Å². The highest BCUT2D eigenvalue weighted by Gasteiger charge is 2.13. The molecule has 1 heteroatoms. The molecule has 3 unspecified atom stereocenters. The Labute approximate surface area is 76.6 Å². The van der Waals surface area contributed by atoms with E-state index in [9.17, 15) is 4.79 Å². The molecule has 0 heterocycles. The van der Waals surface area contributed by atoms with Gasteiger partial charge in [-0.3, -0.25) is 0 Å². The lowest BCUT2D eigenvalue weighted by molar-refractivity contribution is -0.108. The molecule has 0 aliphatic rings. The summed E-state index contributed by atoms with van der Waals surface area (Å²) >= 11 is 0. The van der Waals surface area contributed by atoms with E-state index in [-0.39, 0.29) is 0 Å². The first-order valence-electron chi connectivity index (χ1n) is 5.05. The largest absolute Gasteiger partial charge is 0.303 e. The molecule has 0 aliphatic heterocycles. The highest BCUT2D eigenvalue weighted by Crippen LogP contribution is 2.23. The second kappa shape index (κ2) is 6.22. The van der Waals surface area contributed by atoms with Crippen LogP contribution in [0.1, 0.15) is 47.0 Å². The third-order valence-corrected chi connectivity index (χ3v) is 2.89.